The Kier molecular flexibility index (Phi) is 7.18. The fourth-order valence-electron chi connectivity index (χ4n) is 2.50. The van der Waals surface area contributed by atoms with Crippen LogP contribution < -0.4 is 10.5 Å². The number of benzene rings is 1. The van der Waals surface area contributed by atoms with E-state index in [-0.39, 0.29) is 18.0 Å². The molecule has 162 valence electrons. The van der Waals surface area contributed by atoms with Crippen molar-refractivity contribution in [2.75, 3.05) is 13.1 Å². The largest absolute Gasteiger partial charge is 0.490 e. The molecule has 0 atom stereocenters. The van der Waals surface area contributed by atoms with E-state index < -0.39 is 22.2 Å². The Morgan fingerprint density at radius 3 is 2.37 bits per heavy atom. The van der Waals surface area contributed by atoms with Gasteiger partial charge in [-0.2, -0.15) is 13.2 Å². The molecule has 2 aromatic heterocycles. The first-order valence-corrected chi connectivity index (χ1v) is 9.98. The summed E-state index contributed by atoms with van der Waals surface area (Å²) >= 11 is 0. The topological polar surface area (TPSA) is 138 Å². The predicted molar refractivity (Wildman–Crippen MR) is 104 cm³/mol. The summed E-state index contributed by atoms with van der Waals surface area (Å²) < 4.78 is 58.3. The number of nitrogens with two attached hydrogens (primary N) is 1. The lowest BCUT2D eigenvalue weighted by molar-refractivity contribution is -0.192. The number of sulfonamides is 1. The number of halogens is 3. The minimum atomic E-state index is -5.08. The molecule has 2 heterocycles. The standard InChI is InChI=1S/C16H18N4O2S.C2HF3O2/c1-11-10-15-14(6-8-18-16(15)20-11)12-2-4-13(5-3-12)23(21,22)19-9-7-17;3-2(4,5)1(6)7/h2-6,8,10,19H,7,9,17H2,1H3,(H,18,20);(H,6,7). The second kappa shape index (κ2) is 9.24. The highest BCUT2D eigenvalue weighted by Gasteiger charge is 2.38. The van der Waals surface area contributed by atoms with Crippen molar-refractivity contribution in [3.63, 3.8) is 0 Å². The van der Waals surface area contributed by atoms with Crippen LogP contribution in [0.5, 0.6) is 0 Å². The lowest BCUT2D eigenvalue weighted by Gasteiger charge is -2.07. The number of pyridine rings is 1. The third kappa shape index (κ3) is 5.78. The number of hydrogen-bond acceptors (Lipinski definition) is 5. The van der Waals surface area contributed by atoms with Gasteiger partial charge >= 0.3 is 12.1 Å². The van der Waals surface area contributed by atoms with Gasteiger partial charge < -0.3 is 15.8 Å². The summed E-state index contributed by atoms with van der Waals surface area (Å²) in [5.41, 5.74) is 9.14. The molecule has 0 aliphatic rings. The van der Waals surface area contributed by atoms with Crippen LogP contribution in [0, 0.1) is 6.92 Å². The maximum Gasteiger partial charge on any atom is 0.490 e. The summed E-state index contributed by atoms with van der Waals surface area (Å²) in [6.45, 7) is 2.46. The van der Waals surface area contributed by atoms with Gasteiger partial charge in [-0.3, -0.25) is 0 Å². The summed E-state index contributed by atoms with van der Waals surface area (Å²) in [6.07, 6.45) is -3.35. The number of carbonyl (C=O) groups is 1. The van der Waals surface area contributed by atoms with Gasteiger partial charge in [-0.05, 0) is 42.3 Å². The van der Waals surface area contributed by atoms with Crippen molar-refractivity contribution in [2.45, 2.75) is 18.0 Å². The quantitative estimate of drug-likeness (QED) is 0.477. The first kappa shape index (κ1) is 23.3. The number of nitrogens with zero attached hydrogens (tertiary/aromatic N) is 1. The number of aromatic amines is 1. The maximum atomic E-state index is 12.1. The number of alkyl halides is 3. The van der Waals surface area contributed by atoms with Gasteiger partial charge in [0, 0.05) is 30.4 Å². The molecular formula is C18H19F3N4O4S. The van der Waals surface area contributed by atoms with Crippen molar-refractivity contribution < 1.29 is 31.5 Å². The molecule has 0 bridgehead atoms. The normalized spacial score (nSPS) is 11.8. The van der Waals surface area contributed by atoms with E-state index in [0.29, 0.717) is 0 Å². The Morgan fingerprint density at radius 2 is 1.83 bits per heavy atom. The van der Waals surface area contributed by atoms with Crippen molar-refractivity contribution in [3.8, 4) is 11.1 Å². The van der Waals surface area contributed by atoms with Crippen LogP contribution in [0.4, 0.5) is 13.2 Å². The van der Waals surface area contributed by atoms with Gasteiger partial charge in [0.2, 0.25) is 10.0 Å². The highest BCUT2D eigenvalue weighted by Crippen LogP contribution is 2.28. The van der Waals surface area contributed by atoms with Gasteiger partial charge in [0.15, 0.2) is 0 Å². The van der Waals surface area contributed by atoms with Crippen LogP contribution in [0.15, 0.2) is 47.5 Å². The third-order valence-electron chi connectivity index (χ3n) is 3.82. The molecule has 3 aromatic rings. The molecule has 0 saturated heterocycles. The van der Waals surface area contributed by atoms with E-state index in [1.165, 1.54) is 0 Å². The Morgan fingerprint density at radius 1 is 1.23 bits per heavy atom. The molecule has 0 aliphatic heterocycles. The maximum absolute atomic E-state index is 12.1. The zero-order chi connectivity index (χ0) is 22.5. The summed E-state index contributed by atoms with van der Waals surface area (Å²) in [7, 11) is -3.51. The van der Waals surface area contributed by atoms with Crippen LogP contribution in [0.2, 0.25) is 0 Å². The number of aliphatic carboxylic acids is 1. The fraction of sp³-hybridized carbons (Fsp3) is 0.222. The summed E-state index contributed by atoms with van der Waals surface area (Å²) in [4.78, 5) is 16.6. The van der Waals surface area contributed by atoms with Gasteiger partial charge in [0.25, 0.3) is 0 Å². The average molecular weight is 444 g/mol. The van der Waals surface area contributed by atoms with Crippen LogP contribution in [-0.2, 0) is 14.8 Å². The minimum Gasteiger partial charge on any atom is -0.475 e. The fourth-order valence-corrected chi connectivity index (χ4v) is 3.55. The van der Waals surface area contributed by atoms with Crippen molar-refractivity contribution in [1.82, 2.24) is 14.7 Å². The van der Waals surface area contributed by atoms with Crippen molar-refractivity contribution >= 4 is 27.0 Å². The van der Waals surface area contributed by atoms with E-state index >= 15 is 0 Å². The van der Waals surface area contributed by atoms with Crippen LogP contribution in [0.3, 0.4) is 0 Å². The van der Waals surface area contributed by atoms with Crippen LogP contribution in [-0.4, -0.2) is 48.7 Å². The molecule has 12 heteroatoms. The number of fused-ring (bicyclic) bond motifs is 1. The number of rotatable bonds is 5. The second-order valence-corrected chi connectivity index (χ2v) is 7.85. The Hall–Kier alpha value is -2.96. The number of hydrogen-bond donors (Lipinski definition) is 4. The van der Waals surface area contributed by atoms with Gasteiger partial charge in [-0.1, -0.05) is 12.1 Å². The Balaban J connectivity index is 0.000000396. The molecule has 30 heavy (non-hydrogen) atoms. The number of nitrogens with one attached hydrogen (secondary N) is 2. The minimum absolute atomic E-state index is 0.220. The zero-order valence-corrected chi connectivity index (χ0v) is 16.5. The SMILES string of the molecule is Cc1cc2c(-c3ccc(S(=O)(=O)NCCN)cc3)ccnc2[nH]1.O=C(O)C(F)(F)F. The van der Waals surface area contributed by atoms with E-state index in [1.807, 2.05) is 19.1 Å². The second-order valence-electron chi connectivity index (χ2n) is 6.09. The molecule has 0 radical (unpaired) electrons. The Labute approximate surface area is 170 Å². The Bertz CT molecular complexity index is 1130. The molecule has 0 spiro atoms. The molecular weight excluding hydrogens is 425 g/mol. The first-order valence-electron chi connectivity index (χ1n) is 8.50. The molecule has 0 saturated carbocycles. The van der Waals surface area contributed by atoms with E-state index in [0.717, 1.165) is 27.9 Å². The van der Waals surface area contributed by atoms with Crippen molar-refractivity contribution in [2.24, 2.45) is 5.73 Å². The van der Waals surface area contributed by atoms with Gasteiger partial charge in [-0.25, -0.2) is 22.9 Å². The van der Waals surface area contributed by atoms with Crippen LogP contribution in [0.25, 0.3) is 22.2 Å². The smallest absolute Gasteiger partial charge is 0.475 e. The molecule has 0 fully saturated rings. The number of carboxylic acids is 1. The van der Waals surface area contributed by atoms with E-state index in [2.05, 4.69) is 14.7 Å². The number of aromatic nitrogens is 2. The lowest BCUT2D eigenvalue weighted by atomic mass is 10.0. The highest BCUT2D eigenvalue weighted by atomic mass is 32.2. The van der Waals surface area contributed by atoms with Gasteiger partial charge in [-0.15, -0.1) is 0 Å². The lowest BCUT2D eigenvalue weighted by Crippen LogP contribution is -2.29. The van der Waals surface area contributed by atoms with E-state index in [9.17, 15) is 21.6 Å². The van der Waals surface area contributed by atoms with Gasteiger partial charge in [0.1, 0.15) is 5.65 Å². The van der Waals surface area contributed by atoms with Crippen LogP contribution >= 0.6 is 0 Å². The van der Waals surface area contributed by atoms with Crippen molar-refractivity contribution in [3.05, 3.63) is 48.3 Å². The van der Waals surface area contributed by atoms with Gasteiger partial charge in [0.05, 0.1) is 4.90 Å². The first-order chi connectivity index (χ1) is 14.0. The summed E-state index contributed by atoms with van der Waals surface area (Å²) in [5, 5.41) is 8.14. The number of carboxylic acid groups (broad SMARTS) is 1. The molecule has 3 rings (SSSR count). The third-order valence-corrected chi connectivity index (χ3v) is 5.30. The number of aryl methyl sites for hydroxylation is 1. The molecule has 0 amide bonds. The van der Waals surface area contributed by atoms with Crippen LogP contribution in [0.1, 0.15) is 5.69 Å². The molecule has 5 N–H and O–H groups in total. The summed E-state index contributed by atoms with van der Waals surface area (Å²) in [6, 6.07) is 10.7. The highest BCUT2D eigenvalue weighted by molar-refractivity contribution is 7.89. The monoisotopic (exact) mass is 444 g/mol. The van der Waals surface area contributed by atoms with E-state index in [1.54, 1.807) is 30.5 Å². The average Bonchev–Trinajstić information content (AvgIpc) is 3.06. The molecule has 0 unspecified atom stereocenters. The van der Waals surface area contributed by atoms with E-state index in [4.69, 9.17) is 15.6 Å². The predicted octanol–water partition coefficient (Wildman–Crippen LogP) is 2.41. The molecule has 0 aliphatic carbocycles. The molecule has 1 aromatic carbocycles. The summed E-state index contributed by atoms with van der Waals surface area (Å²) in [5.74, 6) is -2.76. The number of H-pyrrole nitrogens is 1. The zero-order valence-electron chi connectivity index (χ0n) is 15.7. The molecule has 8 nitrogen and oxygen atoms in total. The van der Waals surface area contributed by atoms with Crippen molar-refractivity contribution in [1.29, 1.82) is 0 Å².